The predicted molar refractivity (Wildman–Crippen MR) is 67.7 cm³/mol. The second-order valence-electron chi connectivity index (χ2n) is 5.02. The molecule has 94 valence electrons. The Morgan fingerprint density at radius 2 is 2.35 bits per heavy atom. The molecule has 1 saturated heterocycles. The van der Waals surface area contributed by atoms with E-state index in [-0.39, 0.29) is 11.9 Å². The Balaban J connectivity index is 2.07. The van der Waals surface area contributed by atoms with Gasteiger partial charge in [0.05, 0.1) is 0 Å². The summed E-state index contributed by atoms with van der Waals surface area (Å²) < 4.78 is 1.87. The SMILES string of the molecule is CC(N)C1CCCN(C(=O)c2cccn2C)C1. The third kappa shape index (κ3) is 2.52. The normalized spacial score (nSPS) is 22.5. The number of nitrogens with two attached hydrogens (primary N) is 1. The first-order valence-electron chi connectivity index (χ1n) is 6.26. The minimum absolute atomic E-state index is 0.128. The summed E-state index contributed by atoms with van der Waals surface area (Å²) in [5, 5.41) is 0. The minimum Gasteiger partial charge on any atom is -0.347 e. The zero-order valence-corrected chi connectivity index (χ0v) is 10.6. The van der Waals surface area contributed by atoms with Crippen LogP contribution in [0.1, 0.15) is 30.3 Å². The number of carbonyl (C=O) groups is 1. The van der Waals surface area contributed by atoms with Crippen molar-refractivity contribution >= 4 is 5.91 Å². The van der Waals surface area contributed by atoms with Gasteiger partial charge in [0.25, 0.3) is 5.91 Å². The second-order valence-corrected chi connectivity index (χ2v) is 5.02. The lowest BCUT2D eigenvalue weighted by Gasteiger charge is -2.34. The lowest BCUT2D eigenvalue weighted by atomic mass is 9.92. The number of aromatic nitrogens is 1. The molecule has 0 radical (unpaired) electrons. The Morgan fingerprint density at radius 1 is 1.59 bits per heavy atom. The molecule has 0 aliphatic carbocycles. The summed E-state index contributed by atoms with van der Waals surface area (Å²) in [5.74, 6) is 0.566. The first-order valence-corrected chi connectivity index (χ1v) is 6.26. The van der Waals surface area contributed by atoms with Gasteiger partial charge >= 0.3 is 0 Å². The fourth-order valence-corrected chi connectivity index (χ4v) is 2.47. The van der Waals surface area contributed by atoms with Crippen LogP contribution in [0.2, 0.25) is 0 Å². The van der Waals surface area contributed by atoms with E-state index < -0.39 is 0 Å². The van der Waals surface area contributed by atoms with Crippen LogP contribution in [0.3, 0.4) is 0 Å². The summed E-state index contributed by atoms with van der Waals surface area (Å²) in [4.78, 5) is 14.3. The molecule has 0 aromatic carbocycles. The minimum atomic E-state index is 0.128. The molecule has 4 nitrogen and oxygen atoms in total. The van der Waals surface area contributed by atoms with Crippen molar-refractivity contribution in [1.82, 2.24) is 9.47 Å². The standard InChI is InChI=1S/C13H21N3O/c1-10(14)11-5-3-8-16(9-11)13(17)12-6-4-7-15(12)2/h4,6-7,10-11H,3,5,8-9,14H2,1-2H3. The first-order chi connectivity index (χ1) is 8.09. The van der Waals surface area contributed by atoms with Gasteiger partial charge < -0.3 is 15.2 Å². The molecule has 2 heterocycles. The number of amides is 1. The Labute approximate surface area is 102 Å². The molecule has 1 aromatic heterocycles. The van der Waals surface area contributed by atoms with Gasteiger partial charge in [0.1, 0.15) is 5.69 Å². The molecule has 2 N–H and O–H groups in total. The number of nitrogens with zero attached hydrogens (tertiary/aromatic N) is 2. The van der Waals surface area contributed by atoms with Gasteiger partial charge in [0, 0.05) is 32.4 Å². The fourth-order valence-electron chi connectivity index (χ4n) is 2.47. The van der Waals surface area contributed by atoms with Crippen molar-refractivity contribution in [2.75, 3.05) is 13.1 Å². The van der Waals surface area contributed by atoms with E-state index in [2.05, 4.69) is 0 Å². The Hall–Kier alpha value is -1.29. The number of carbonyl (C=O) groups excluding carboxylic acids is 1. The quantitative estimate of drug-likeness (QED) is 0.838. The molecule has 2 rings (SSSR count). The summed E-state index contributed by atoms with van der Waals surface area (Å²) in [7, 11) is 1.90. The van der Waals surface area contributed by atoms with Crippen molar-refractivity contribution < 1.29 is 4.79 Å². The molecule has 0 spiro atoms. The topological polar surface area (TPSA) is 51.3 Å². The van der Waals surface area contributed by atoms with E-state index >= 15 is 0 Å². The smallest absolute Gasteiger partial charge is 0.270 e. The van der Waals surface area contributed by atoms with Crippen molar-refractivity contribution in [2.45, 2.75) is 25.8 Å². The van der Waals surface area contributed by atoms with E-state index in [0.717, 1.165) is 31.6 Å². The highest BCUT2D eigenvalue weighted by atomic mass is 16.2. The maximum absolute atomic E-state index is 12.3. The van der Waals surface area contributed by atoms with Gasteiger partial charge in [0.15, 0.2) is 0 Å². The van der Waals surface area contributed by atoms with E-state index in [4.69, 9.17) is 5.73 Å². The van der Waals surface area contributed by atoms with Crippen molar-refractivity contribution in [3.63, 3.8) is 0 Å². The summed E-state index contributed by atoms with van der Waals surface area (Å²) in [6.07, 6.45) is 4.09. The lowest BCUT2D eigenvalue weighted by molar-refractivity contribution is 0.0651. The van der Waals surface area contributed by atoms with Crippen molar-refractivity contribution in [3.8, 4) is 0 Å². The highest BCUT2D eigenvalue weighted by Gasteiger charge is 2.27. The molecular formula is C13H21N3O. The fraction of sp³-hybridized carbons (Fsp3) is 0.615. The maximum atomic E-state index is 12.3. The monoisotopic (exact) mass is 235 g/mol. The summed E-state index contributed by atoms with van der Waals surface area (Å²) in [5.41, 5.74) is 6.69. The van der Waals surface area contributed by atoms with Gasteiger partial charge in [-0.1, -0.05) is 0 Å². The summed E-state index contributed by atoms with van der Waals surface area (Å²) in [6.45, 7) is 3.68. The molecule has 1 fully saturated rings. The third-order valence-corrected chi connectivity index (χ3v) is 3.65. The third-order valence-electron chi connectivity index (χ3n) is 3.65. The highest BCUT2D eigenvalue weighted by molar-refractivity contribution is 5.92. The number of likely N-dealkylation sites (tertiary alicyclic amines) is 1. The molecule has 2 unspecified atom stereocenters. The van der Waals surface area contributed by atoms with Crippen molar-refractivity contribution in [2.24, 2.45) is 18.7 Å². The maximum Gasteiger partial charge on any atom is 0.270 e. The van der Waals surface area contributed by atoms with Crippen LogP contribution in [-0.2, 0) is 7.05 Å². The van der Waals surface area contributed by atoms with Gasteiger partial charge in [-0.25, -0.2) is 0 Å². The molecule has 17 heavy (non-hydrogen) atoms. The van der Waals surface area contributed by atoms with Crippen LogP contribution in [0.5, 0.6) is 0 Å². The molecule has 2 atom stereocenters. The van der Waals surface area contributed by atoms with E-state index in [9.17, 15) is 4.79 Å². The first kappa shape index (κ1) is 12.2. The Kier molecular flexibility index (Phi) is 3.52. The second kappa shape index (κ2) is 4.92. The predicted octanol–water partition coefficient (Wildman–Crippen LogP) is 1.22. The largest absolute Gasteiger partial charge is 0.347 e. The van der Waals surface area contributed by atoms with E-state index in [1.54, 1.807) is 0 Å². The van der Waals surface area contributed by atoms with Gasteiger partial charge in [-0.3, -0.25) is 4.79 Å². The average Bonchev–Trinajstić information content (AvgIpc) is 2.74. The number of aryl methyl sites for hydroxylation is 1. The van der Waals surface area contributed by atoms with Crippen LogP contribution in [-0.4, -0.2) is 34.5 Å². The van der Waals surface area contributed by atoms with Crippen LogP contribution in [0, 0.1) is 5.92 Å². The van der Waals surface area contributed by atoms with Crippen LogP contribution < -0.4 is 5.73 Å². The van der Waals surface area contributed by atoms with Gasteiger partial charge in [-0.15, -0.1) is 0 Å². The lowest BCUT2D eigenvalue weighted by Crippen LogP contribution is -2.45. The molecule has 1 aromatic rings. The van der Waals surface area contributed by atoms with Gasteiger partial charge in [-0.05, 0) is 37.8 Å². The number of hydrogen-bond donors (Lipinski definition) is 1. The van der Waals surface area contributed by atoms with Crippen LogP contribution in [0.25, 0.3) is 0 Å². The van der Waals surface area contributed by atoms with Gasteiger partial charge in [0.2, 0.25) is 0 Å². The Morgan fingerprint density at radius 3 is 2.94 bits per heavy atom. The molecule has 0 bridgehead atoms. The van der Waals surface area contributed by atoms with Crippen LogP contribution in [0.15, 0.2) is 18.3 Å². The number of hydrogen-bond acceptors (Lipinski definition) is 2. The van der Waals surface area contributed by atoms with Crippen molar-refractivity contribution in [3.05, 3.63) is 24.0 Å². The number of rotatable bonds is 2. The van der Waals surface area contributed by atoms with E-state index in [0.29, 0.717) is 5.92 Å². The number of piperidine rings is 1. The Bertz CT molecular complexity index is 397. The van der Waals surface area contributed by atoms with Crippen molar-refractivity contribution in [1.29, 1.82) is 0 Å². The summed E-state index contributed by atoms with van der Waals surface area (Å²) >= 11 is 0. The molecule has 1 aliphatic heterocycles. The van der Waals surface area contributed by atoms with Crippen LogP contribution in [0.4, 0.5) is 0 Å². The molecule has 0 saturated carbocycles. The summed E-state index contributed by atoms with van der Waals surface area (Å²) in [6, 6.07) is 3.94. The van der Waals surface area contributed by atoms with Gasteiger partial charge in [-0.2, -0.15) is 0 Å². The molecule has 1 amide bonds. The van der Waals surface area contributed by atoms with E-state index in [1.807, 2.05) is 41.8 Å². The zero-order chi connectivity index (χ0) is 12.4. The van der Waals surface area contributed by atoms with Crippen LogP contribution >= 0.6 is 0 Å². The highest BCUT2D eigenvalue weighted by Crippen LogP contribution is 2.20. The molecular weight excluding hydrogens is 214 g/mol. The molecule has 1 aliphatic rings. The average molecular weight is 235 g/mol. The van der Waals surface area contributed by atoms with E-state index in [1.165, 1.54) is 0 Å². The molecule has 4 heteroatoms. The zero-order valence-electron chi connectivity index (χ0n) is 10.6.